The van der Waals surface area contributed by atoms with E-state index in [0.29, 0.717) is 23.0 Å². The van der Waals surface area contributed by atoms with E-state index in [2.05, 4.69) is 5.32 Å². The zero-order valence-electron chi connectivity index (χ0n) is 14.5. The van der Waals surface area contributed by atoms with Crippen molar-refractivity contribution < 1.29 is 9.53 Å². The summed E-state index contributed by atoms with van der Waals surface area (Å²) >= 11 is 17.2. The van der Waals surface area contributed by atoms with Crippen LogP contribution < -0.4 is 10.1 Å². The lowest BCUT2D eigenvalue weighted by atomic mass is 10.00. The second kappa shape index (κ2) is 9.76. The van der Waals surface area contributed by atoms with Crippen molar-refractivity contribution in [1.82, 2.24) is 4.90 Å². The summed E-state index contributed by atoms with van der Waals surface area (Å²) in [5.74, 6) is -0.293. The first-order chi connectivity index (χ1) is 12.4. The van der Waals surface area contributed by atoms with Gasteiger partial charge in [0.05, 0.1) is 5.92 Å². The summed E-state index contributed by atoms with van der Waals surface area (Å²) < 4.78 is 5.56. The predicted molar refractivity (Wildman–Crippen MR) is 111 cm³/mol. The molecule has 2 rings (SSSR count). The van der Waals surface area contributed by atoms with Gasteiger partial charge in [-0.05, 0) is 36.3 Å². The summed E-state index contributed by atoms with van der Waals surface area (Å²) in [5, 5.41) is 3.17. The second-order valence-electron chi connectivity index (χ2n) is 5.91. The third-order valence-corrected chi connectivity index (χ3v) is 4.67. The van der Waals surface area contributed by atoms with E-state index in [9.17, 15) is 4.79 Å². The minimum Gasteiger partial charge on any atom is -0.432 e. The van der Waals surface area contributed by atoms with E-state index in [4.69, 9.17) is 40.2 Å². The van der Waals surface area contributed by atoms with Crippen LogP contribution in [-0.4, -0.2) is 34.9 Å². The summed E-state index contributed by atoms with van der Waals surface area (Å²) in [6.07, 6.45) is 0.450. The molecular weight excluding hydrogens is 391 g/mol. The van der Waals surface area contributed by atoms with Gasteiger partial charge in [-0.15, -0.1) is 23.2 Å². The molecule has 0 bridgehead atoms. The highest BCUT2D eigenvalue weighted by molar-refractivity contribution is 7.80. The number of amides is 1. The Morgan fingerprint density at radius 2 is 1.85 bits per heavy atom. The molecule has 0 radical (unpaired) electrons. The van der Waals surface area contributed by atoms with E-state index in [1.54, 1.807) is 43.3 Å². The zero-order chi connectivity index (χ0) is 19.1. The highest BCUT2D eigenvalue weighted by atomic mass is 35.5. The van der Waals surface area contributed by atoms with E-state index in [1.165, 1.54) is 0 Å². The van der Waals surface area contributed by atoms with Crippen LogP contribution in [0.25, 0.3) is 0 Å². The van der Waals surface area contributed by atoms with Gasteiger partial charge < -0.3 is 15.0 Å². The molecule has 4 nitrogen and oxygen atoms in total. The van der Waals surface area contributed by atoms with Gasteiger partial charge in [-0.25, -0.2) is 0 Å². The molecule has 2 aromatic rings. The van der Waals surface area contributed by atoms with Crippen LogP contribution >= 0.6 is 35.4 Å². The topological polar surface area (TPSA) is 41.6 Å². The summed E-state index contributed by atoms with van der Waals surface area (Å²) in [6.45, 7) is 0. The average molecular weight is 411 g/mol. The van der Waals surface area contributed by atoms with Gasteiger partial charge in [0.2, 0.25) is 5.91 Å². The smallest absolute Gasteiger partial charge is 0.264 e. The quantitative estimate of drug-likeness (QED) is 0.561. The molecular formula is C19H20Cl2N2O2S. The molecule has 0 saturated carbocycles. The summed E-state index contributed by atoms with van der Waals surface area (Å²) in [4.78, 5) is 13.5. The van der Waals surface area contributed by atoms with Crippen molar-refractivity contribution in [3.63, 3.8) is 0 Å². The molecule has 1 atom stereocenters. The Morgan fingerprint density at radius 3 is 2.46 bits per heavy atom. The van der Waals surface area contributed by atoms with Crippen LogP contribution in [0.2, 0.25) is 0 Å². The Bertz CT molecular complexity index is 754. The van der Waals surface area contributed by atoms with Crippen LogP contribution in [0.1, 0.15) is 5.56 Å². The number of ether oxygens (including phenoxy) is 1. The third-order valence-electron chi connectivity index (χ3n) is 3.61. The lowest BCUT2D eigenvalue weighted by Crippen LogP contribution is -2.29. The Balaban J connectivity index is 2.08. The highest BCUT2D eigenvalue weighted by Crippen LogP contribution is 2.24. The van der Waals surface area contributed by atoms with E-state index < -0.39 is 10.8 Å². The van der Waals surface area contributed by atoms with Crippen molar-refractivity contribution in [2.75, 3.05) is 19.4 Å². The number of benzene rings is 2. The van der Waals surface area contributed by atoms with Crippen LogP contribution in [0.5, 0.6) is 5.75 Å². The van der Waals surface area contributed by atoms with Crippen molar-refractivity contribution in [2.45, 2.75) is 11.3 Å². The van der Waals surface area contributed by atoms with Crippen molar-refractivity contribution in [1.29, 1.82) is 0 Å². The number of halogens is 2. The molecule has 0 heterocycles. The number of rotatable bonds is 6. The van der Waals surface area contributed by atoms with Gasteiger partial charge >= 0.3 is 0 Å². The van der Waals surface area contributed by atoms with Gasteiger partial charge in [0, 0.05) is 25.8 Å². The van der Waals surface area contributed by atoms with Crippen LogP contribution in [0.4, 0.5) is 5.69 Å². The molecule has 1 amide bonds. The van der Waals surface area contributed by atoms with Gasteiger partial charge in [0.1, 0.15) is 10.6 Å². The lowest BCUT2D eigenvalue weighted by molar-refractivity contribution is -0.119. The molecule has 2 aromatic carbocycles. The van der Waals surface area contributed by atoms with Gasteiger partial charge in [0.25, 0.3) is 5.17 Å². The third kappa shape index (κ3) is 6.16. The maximum absolute atomic E-state index is 12.6. The molecule has 0 saturated heterocycles. The normalized spacial score (nSPS) is 11.7. The molecule has 0 aliphatic rings. The first-order valence-corrected chi connectivity index (χ1v) is 9.27. The molecule has 138 valence electrons. The zero-order valence-corrected chi connectivity index (χ0v) is 16.8. The van der Waals surface area contributed by atoms with Crippen molar-refractivity contribution in [3.05, 3.63) is 60.2 Å². The minimum atomic E-state index is -0.823. The van der Waals surface area contributed by atoms with E-state index in [-0.39, 0.29) is 5.91 Å². The fraction of sp³-hybridized carbons (Fsp3) is 0.263. The van der Waals surface area contributed by atoms with E-state index >= 15 is 0 Å². The Morgan fingerprint density at radius 1 is 1.15 bits per heavy atom. The van der Waals surface area contributed by atoms with Crippen molar-refractivity contribution in [3.8, 4) is 5.75 Å². The number of thiocarbonyl (C=S) groups is 1. The number of carbonyl (C=O) groups excluding carboxylic acids is 1. The standard InChI is InChI=1S/C19H20Cl2N2O2S/c1-23(2)19(26)25-15-10-6-9-14(12-15)22-18(24)16(17(20)21)11-13-7-4-3-5-8-13/h3-10,12,16-17H,11H2,1-2H3,(H,22,24). The Kier molecular flexibility index (Phi) is 7.69. The number of carbonyl (C=O) groups is 1. The minimum absolute atomic E-state index is 0.254. The fourth-order valence-electron chi connectivity index (χ4n) is 2.23. The van der Waals surface area contributed by atoms with Crippen LogP contribution in [-0.2, 0) is 11.2 Å². The molecule has 0 spiro atoms. The summed E-state index contributed by atoms with van der Waals surface area (Å²) in [7, 11) is 3.59. The summed E-state index contributed by atoms with van der Waals surface area (Å²) in [5.41, 5.74) is 1.58. The van der Waals surface area contributed by atoms with Crippen molar-refractivity contribution >= 4 is 52.2 Å². The molecule has 1 N–H and O–H groups in total. The molecule has 0 aromatic heterocycles. The predicted octanol–water partition coefficient (Wildman–Crippen LogP) is 4.51. The van der Waals surface area contributed by atoms with Gasteiger partial charge in [-0.2, -0.15) is 0 Å². The Hall–Kier alpha value is -1.82. The monoisotopic (exact) mass is 410 g/mol. The maximum atomic E-state index is 12.6. The number of anilines is 1. The molecule has 26 heavy (non-hydrogen) atoms. The van der Waals surface area contributed by atoms with E-state index in [1.807, 2.05) is 30.3 Å². The fourth-order valence-corrected chi connectivity index (χ4v) is 2.73. The molecule has 0 fully saturated rings. The SMILES string of the molecule is CN(C)C(=S)Oc1cccc(NC(=O)C(Cc2ccccc2)C(Cl)Cl)c1. The Labute approximate surface area is 169 Å². The van der Waals surface area contributed by atoms with Crippen molar-refractivity contribution in [2.24, 2.45) is 5.92 Å². The number of alkyl halides is 2. The molecule has 7 heteroatoms. The summed E-state index contributed by atoms with van der Waals surface area (Å²) in [6, 6.07) is 16.6. The first kappa shape index (κ1) is 20.5. The number of hydrogen-bond acceptors (Lipinski definition) is 3. The average Bonchev–Trinajstić information content (AvgIpc) is 2.60. The molecule has 0 aliphatic heterocycles. The van der Waals surface area contributed by atoms with Gasteiger partial charge in [0.15, 0.2) is 0 Å². The van der Waals surface area contributed by atoms with Crippen LogP contribution in [0, 0.1) is 5.92 Å². The first-order valence-electron chi connectivity index (χ1n) is 7.99. The van der Waals surface area contributed by atoms with Gasteiger partial charge in [-0.1, -0.05) is 36.4 Å². The number of nitrogens with one attached hydrogen (secondary N) is 1. The molecule has 0 aliphatic carbocycles. The maximum Gasteiger partial charge on any atom is 0.264 e. The lowest BCUT2D eigenvalue weighted by Gasteiger charge is -2.18. The number of nitrogens with zero attached hydrogens (tertiary/aromatic N) is 1. The largest absolute Gasteiger partial charge is 0.432 e. The molecule has 1 unspecified atom stereocenters. The highest BCUT2D eigenvalue weighted by Gasteiger charge is 2.26. The van der Waals surface area contributed by atoms with Crippen LogP contribution in [0.15, 0.2) is 54.6 Å². The number of hydrogen-bond donors (Lipinski definition) is 1. The van der Waals surface area contributed by atoms with E-state index in [0.717, 1.165) is 5.56 Å². The second-order valence-corrected chi connectivity index (χ2v) is 7.42. The van der Waals surface area contributed by atoms with Gasteiger partial charge in [-0.3, -0.25) is 4.79 Å². The van der Waals surface area contributed by atoms with Crippen LogP contribution in [0.3, 0.4) is 0 Å².